The number of aliphatic imine (C=N–C) groups is 1. The van der Waals surface area contributed by atoms with Gasteiger partial charge in [-0.3, -0.25) is 4.99 Å². The molecule has 0 saturated carbocycles. The van der Waals surface area contributed by atoms with Gasteiger partial charge < -0.3 is 15.4 Å². The number of ether oxygens (including phenoxy) is 1. The number of hydrogen-bond acceptors (Lipinski definition) is 2. The SMILES string of the molecule is CN=C(N)N(C)CCOC. The Labute approximate surface area is 61.7 Å². The summed E-state index contributed by atoms with van der Waals surface area (Å²) in [5.74, 6) is 0.539. The maximum absolute atomic E-state index is 5.48. The Hall–Kier alpha value is -0.770. The fourth-order valence-corrected chi connectivity index (χ4v) is 0.513. The van der Waals surface area contributed by atoms with Crippen LogP contribution in [0, 0.1) is 0 Å². The Morgan fingerprint density at radius 1 is 1.70 bits per heavy atom. The van der Waals surface area contributed by atoms with Gasteiger partial charge in [-0.25, -0.2) is 0 Å². The number of hydrogen-bond donors (Lipinski definition) is 1. The van der Waals surface area contributed by atoms with Crippen molar-refractivity contribution in [3.05, 3.63) is 0 Å². The summed E-state index contributed by atoms with van der Waals surface area (Å²) in [7, 11) is 5.20. The van der Waals surface area contributed by atoms with E-state index in [1.807, 2.05) is 11.9 Å². The predicted octanol–water partition coefficient (Wildman–Crippen LogP) is -0.491. The first-order valence-electron chi connectivity index (χ1n) is 3.14. The molecule has 0 saturated heterocycles. The van der Waals surface area contributed by atoms with E-state index in [1.165, 1.54) is 0 Å². The van der Waals surface area contributed by atoms with E-state index in [4.69, 9.17) is 10.5 Å². The number of rotatable bonds is 3. The molecule has 0 aliphatic heterocycles. The van der Waals surface area contributed by atoms with Gasteiger partial charge in [0.05, 0.1) is 6.61 Å². The average Bonchev–Trinajstić information content (AvgIpc) is 1.98. The van der Waals surface area contributed by atoms with Gasteiger partial charge in [-0.1, -0.05) is 0 Å². The van der Waals surface area contributed by atoms with Gasteiger partial charge >= 0.3 is 0 Å². The third-order valence-electron chi connectivity index (χ3n) is 1.25. The molecule has 0 fully saturated rings. The zero-order valence-corrected chi connectivity index (χ0v) is 6.79. The second-order valence-electron chi connectivity index (χ2n) is 2.00. The van der Waals surface area contributed by atoms with E-state index in [0.29, 0.717) is 12.6 Å². The minimum absolute atomic E-state index is 0.539. The molecule has 0 heterocycles. The van der Waals surface area contributed by atoms with E-state index < -0.39 is 0 Å². The third kappa shape index (κ3) is 3.29. The summed E-state index contributed by atoms with van der Waals surface area (Å²) >= 11 is 0. The fourth-order valence-electron chi connectivity index (χ4n) is 0.513. The summed E-state index contributed by atoms with van der Waals surface area (Å²) < 4.78 is 4.85. The molecular weight excluding hydrogens is 130 g/mol. The molecule has 0 amide bonds. The highest BCUT2D eigenvalue weighted by Crippen LogP contribution is 1.80. The molecule has 0 aliphatic carbocycles. The van der Waals surface area contributed by atoms with Gasteiger partial charge in [-0.2, -0.15) is 0 Å². The molecular formula is C6H15N3O. The van der Waals surface area contributed by atoms with E-state index >= 15 is 0 Å². The molecule has 60 valence electrons. The van der Waals surface area contributed by atoms with Gasteiger partial charge in [-0.05, 0) is 0 Å². The Balaban J connectivity index is 3.51. The smallest absolute Gasteiger partial charge is 0.190 e. The summed E-state index contributed by atoms with van der Waals surface area (Å²) in [6.07, 6.45) is 0. The number of nitrogens with two attached hydrogens (primary N) is 1. The highest BCUT2D eigenvalue weighted by atomic mass is 16.5. The molecule has 4 nitrogen and oxygen atoms in total. The van der Waals surface area contributed by atoms with Crippen LogP contribution >= 0.6 is 0 Å². The quantitative estimate of drug-likeness (QED) is 0.430. The molecule has 0 bridgehead atoms. The summed E-state index contributed by atoms with van der Waals surface area (Å²) in [5.41, 5.74) is 5.48. The van der Waals surface area contributed by atoms with Gasteiger partial charge in [0.2, 0.25) is 0 Å². The lowest BCUT2D eigenvalue weighted by molar-refractivity contribution is 0.182. The van der Waals surface area contributed by atoms with Crippen LogP contribution in [0.4, 0.5) is 0 Å². The fraction of sp³-hybridized carbons (Fsp3) is 0.833. The number of likely N-dealkylation sites (N-methyl/N-ethyl adjacent to an activating group) is 1. The van der Waals surface area contributed by atoms with Crippen LogP contribution in [0.5, 0.6) is 0 Å². The van der Waals surface area contributed by atoms with Crippen LogP contribution in [0.25, 0.3) is 0 Å². The number of methoxy groups -OCH3 is 1. The molecule has 0 aromatic rings. The molecule has 0 atom stereocenters. The first-order chi connectivity index (χ1) is 4.72. The number of guanidine groups is 1. The van der Waals surface area contributed by atoms with Crippen LogP contribution in [-0.2, 0) is 4.74 Å². The molecule has 2 N–H and O–H groups in total. The van der Waals surface area contributed by atoms with Gasteiger partial charge in [0.25, 0.3) is 0 Å². The maximum Gasteiger partial charge on any atom is 0.190 e. The van der Waals surface area contributed by atoms with Crippen molar-refractivity contribution in [1.29, 1.82) is 0 Å². The average molecular weight is 145 g/mol. The van der Waals surface area contributed by atoms with Crippen LogP contribution in [0.3, 0.4) is 0 Å². The monoisotopic (exact) mass is 145 g/mol. The van der Waals surface area contributed by atoms with Crippen molar-refractivity contribution in [1.82, 2.24) is 4.90 Å². The van der Waals surface area contributed by atoms with Gasteiger partial charge in [0.1, 0.15) is 0 Å². The van der Waals surface area contributed by atoms with Crippen LogP contribution in [-0.4, -0.2) is 45.2 Å². The van der Waals surface area contributed by atoms with E-state index in [9.17, 15) is 0 Å². The summed E-state index contributed by atoms with van der Waals surface area (Å²) in [4.78, 5) is 5.64. The summed E-state index contributed by atoms with van der Waals surface area (Å²) in [5, 5.41) is 0. The first kappa shape index (κ1) is 9.23. The molecule has 4 heteroatoms. The zero-order chi connectivity index (χ0) is 7.98. The lowest BCUT2D eigenvalue weighted by atomic mass is 10.6. The second-order valence-corrected chi connectivity index (χ2v) is 2.00. The summed E-state index contributed by atoms with van der Waals surface area (Å²) in [6, 6.07) is 0. The maximum atomic E-state index is 5.48. The van der Waals surface area contributed by atoms with Crippen LogP contribution in [0.1, 0.15) is 0 Å². The van der Waals surface area contributed by atoms with Crippen molar-refractivity contribution >= 4 is 5.96 Å². The molecule has 0 aromatic heterocycles. The van der Waals surface area contributed by atoms with Crippen LogP contribution < -0.4 is 5.73 Å². The van der Waals surface area contributed by atoms with Gasteiger partial charge in [0.15, 0.2) is 5.96 Å². The summed E-state index contributed by atoms with van der Waals surface area (Å²) in [6.45, 7) is 1.45. The van der Waals surface area contributed by atoms with Crippen molar-refractivity contribution in [2.45, 2.75) is 0 Å². The van der Waals surface area contributed by atoms with E-state index in [2.05, 4.69) is 4.99 Å². The number of nitrogens with zero attached hydrogens (tertiary/aromatic N) is 2. The topological polar surface area (TPSA) is 50.8 Å². The Morgan fingerprint density at radius 3 is 2.70 bits per heavy atom. The Kier molecular flexibility index (Phi) is 4.66. The van der Waals surface area contributed by atoms with E-state index in [1.54, 1.807) is 14.2 Å². The van der Waals surface area contributed by atoms with Crippen molar-refractivity contribution in [3.8, 4) is 0 Å². The van der Waals surface area contributed by atoms with E-state index in [-0.39, 0.29) is 0 Å². The normalized spacial score (nSPS) is 11.7. The Bertz CT molecular complexity index is 114. The Morgan fingerprint density at radius 2 is 2.30 bits per heavy atom. The zero-order valence-electron chi connectivity index (χ0n) is 6.79. The first-order valence-corrected chi connectivity index (χ1v) is 3.14. The minimum Gasteiger partial charge on any atom is -0.383 e. The van der Waals surface area contributed by atoms with Gasteiger partial charge in [-0.15, -0.1) is 0 Å². The lowest BCUT2D eigenvalue weighted by Gasteiger charge is -2.16. The van der Waals surface area contributed by atoms with Crippen molar-refractivity contribution in [2.75, 3.05) is 34.4 Å². The molecule has 0 rings (SSSR count). The molecule has 0 aromatic carbocycles. The standard InChI is InChI=1S/C6H15N3O/c1-8-6(7)9(2)4-5-10-3/h4-5H2,1-3H3,(H2,7,8). The van der Waals surface area contributed by atoms with Crippen LogP contribution in [0.15, 0.2) is 4.99 Å². The molecule has 0 radical (unpaired) electrons. The minimum atomic E-state index is 0.539. The van der Waals surface area contributed by atoms with Gasteiger partial charge in [0, 0.05) is 27.7 Å². The molecule has 0 spiro atoms. The van der Waals surface area contributed by atoms with Crippen LogP contribution in [0.2, 0.25) is 0 Å². The lowest BCUT2D eigenvalue weighted by Crippen LogP contribution is -2.35. The largest absolute Gasteiger partial charge is 0.383 e. The molecule has 0 unspecified atom stereocenters. The van der Waals surface area contributed by atoms with Crippen molar-refractivity contribution < 1.29 is 4.74 Å². The predicted molar refractivity (Wildman–Crippen MR) is 42.1 cm³/mol. The third-order valence-corrected chi connectivity index (χ3v) is 1.25. The highest BCUT2D eigenvalue weighted by molar-refractivity contribution is 5.77. The highest BCUT2D eigenvalue weighted by Gasteiger charge is 1.97. The van der Waals surface area contributed by atoms with Crippen molar-refractivity contribution in [2.24, 2.45) is 10.7 Å². The van der Waals surface area contributed by atoms with Crippen molar-refractivity contribution in [3.63, 3.8) is 0 Å². The van der Waals surface area contributed by atoms with E-state index in [0.717, 1.165) is 6.54 Å². The molecule has 0 aliphatic rings. The second kappa shape index (κ2) is 5.05. The molecule has 10 heavy (non-hydrogen) atoms.